The molecule has 0 aromatic carbocycles. The lowest BCUT2D eigenvalue weighted by atomic mass is 10.2. The predicted molar refractivity (Wildman–Crippen MR) is 87.1 cm³/mol. The Morgan fingerprint density at radius 3 is 2.13 bits per heavy atom. The maximum absolute atomic E-state index is 12.4. The number of amides is 2. The Hall–Kier alpha value is -2.31. The monoisotopic (exact) mass is 323 g/mol. The third kappa shape index (κ3) is 6.54. The van der Waals surface area contributed by atoms with E-state index in [1.165, 1.54) is 0 Å². The van der Waals surface area contributed by atoms with Gasteiger partial charge in [0.05, 0.1) is 11.4 Å². The summed E-state index contributed by atoms with van der Waals surface area (Å²) in [6.45, 7) is 12.2. The first kappa shape index (κ1) is 18.7. The minimum atomic E-state index is -0.758. The molecule has 0 saturated heterocycles. The number of hydrazine groups is 1. The van der Waals surface area contributed by atoms with Crippen LogP contribution in [0.4, 0.5) is 15.3 Å². The largest absolute Gasteiger partial charge is 0.443 e. The van der Waals surface area contributed by atoms with E-state index in [9.17, 15) is 9.59 Å². The molecule has 0 bridgehead atoms. The summed E-state index contributed by atoms with van der Waals surface area (Å²) in [4.78, 5) is 28.6. The lowest BCUT2D eigenvalue weighted by Crippen LogP contribution is -2.50. The molecule has 7 nitrogen and oxygen atoms in total. The van der Waals surface area contributed by atoms with Gasteiger partial charge >= 0.3 is 12.2 Å². The third-order valence-electron chi connectivity index (χ3n) is 2.40. The number of aromatic nitrogens is 1. The molecule has 0 aliphatic rings. The van der Waals surface area contributed by atoms with Gasteiger partial charge in [0.2, 0.25) is 0 Å². The van der Waals surface area contributed by atoms with E-state index >= 15 is 0 Å². The summed E-state index contributed by atoms with van der Waals surface area (Å²) in [5.74, 6) is 0. The van der Waals surface area contributed by atoms with Crippen molar-refractivity contribution in [3.63, 3.8) is 0 Å². The van der Waals surface area contributed by atoms with Gasteiger partial charge in [-0.1, -0.05) is 0 Å². The van der Waals surface area contributed by atoms with Gasteiger partial charge in [-0.05, 0) is 60.6 Å². The van der Waals surface area contributed by atoms with Gasteiger partial charge in [-0.15, -0.1) is 0 Å². The van der Waals surface area contributed by atoms with Crippen LogP contribution in [0.15, 0.2) is 18.3 Å². The Bertz CT molecular complexity index is 573. The predicted octanol–water partition coefficient (Wildman–Crippen LogP) is 3.57. The topological polar surface area (TPSA) is 80.8 Å². The molecule has 0 spiro atoms. The normalized spacial score (nSPS) is 11.6. The molecule has 1 aromatic rings. The number of hydrogen-bond acceptors (Lipinski definition) is 5. The summed E-state index contributed by atoms with van der Waals surface area (Å²) in [6, 6.07) is 3.32. The van der Waals surface area contributed by atoms with Gasteiger partial charge in [-0.3, -0.25) is 4.98 Å². The van der Waals surface area contributed by atoms with Crippen molar-refractivity contribution >= 4 is 17.9 Å². The molecule has 2 amide bonds. The van der Waals surface area contributed by atoms with Crippen LogP contribution in [0.25, 0.3) is 0 Å². The second-order valence-corrected chi connectivity index (χ2v) is 7.04. The number of carbonyl (C=O) groups excluding carboxylic acids is 2. The SMILES string of the molecule is Cc1ncccc1N(NC(=O)OC(C)(C)C)C(=O)OC(C)(C)C. The maximum Gasteiger partial charge on any atom is 0.434 e. The summed E-state index contributed by atoms with van der Waals surface area (Å²) < 4.78 is 10.5. The summed E-state index contributed by atoms with van der Waals surface area (Å²) in [7, 11) is 0. The average molecular weight is 323 g/mol. The van der Waals surface area contributed by atoms with Crippen molar-refractivity contribution in [1.82, 2.24) is 10.4 Å². The highest BCUT2D eigenvalue weighted by atomic mass is 16.6. The lowest BCUT2D eigenvalue weighted by molar-refractivity contribution is 0.0425. The maximum atomic E-state index is 12.4. The van der Waals surface area contributed by atoms with Gasteiger partial charge in [0.1, 0.15) is 11.2 Å². The Morgan fingerprint density at radius 1 is 1.09 bits per heavy atom. The molecule has 1 aromatic heterocycles. The standard InChI is InChI=1S/C16H25N3O4/c1-11-12(9-8-10-17-11)19(14(21)23-16(5,6)7)18-13(20)22-15(2,3)4/h8-10H,1-7H3,(H,18,20). The van der Waals surface area contributed by atoms with E-state index in [-0.39, 0.29) is 0 Å². The number of anilines is 1. The molecule has 0 unspecified atom stereocenters. The molecular formula is C16H25N3O4. The van der Waals surface area contributed by atoms with Crippen LogP contribution >= 0.6 is 0 Å². The van der Waals surface area contributed by atoms with Crippen molar-refractivity contribution < 1.29 is 19.1 Å². The second kappa shape index (κ2) is 6.85. The van der Waals surface area contributed by atoms with E-state index in [1.54, 1.807) is 66.8 Å². The number of aryl methyl sites for hydroxylation is 1. The minimum Gasteiger partial charge on any atom is -0.443 e. The van der Waals surface area contributed by atoms with Crippen molar-refractivity contribution in [2.75, 3.05) is 5.01 Å². The molecule has 0 saturated carbocycles. The Kier molecular flexibility index (Phi) is 5.58. The van der Waals surface area contributed by atoms with E-state index in [4.69, 9.17) is 9.47 Å². The zero-order valence-corrected chi connectivity index (χ0v) is 14.8. The minimum absolute atomic E-state index is 0.410. The van der Waals surface area contributed by atoms with Gasteiger partial charge in [-0.25, -0.2) is 15.0 Å². The van der Waals surface area contributed by atoms with Crippen LogP contribution in [-0.4, -0.2) is 28.4 Å². The fourth-order valence-corrected chi connectivity index (χ4v) is 1.62. The van der Waals surface area contributed by atoms with E-state index in [0.29, 0.717) is 11.4 Å². The summed E-state index contributed by atoms with van der Waals surface area (Å²) in [5.41, 5.74) is 1.99. The first-order valence-electron chi connectivity index (χ1n) is 7.33. The Morgan fingerprint density at radius 2 is 1.65 bits per heavy atom. The van der Waals surface area contributed by atoms with Crippen LogP contribution in [0.3, 0.4) is 0 Å². The highest BCUT2D eigenvalue weighted by Gasteiger charge is 2.28. The van der Waals surface area contributed by atoms with Gasteiger partial charge in [-0.2, -0.15) is 5.01 Å². The molecule has 0 atom stereocenters. The number of rotatable bonds is 1. The van der Waals surface area contributed by atoms with Crippen LogP contribution < -0.4 is 10.4 Å². The number of nitrogens with one attached hydrogen (secondary N) is 1. The molecule has 0 aliphatic heterocycles. The fraction of sp³-hybridized carbons (Fsp3) is 0.562. The van der Waals surface area contributed by atoms with E-state index < -0.39 is 23.4 Å². The zero-order chi connectivity index (χ0) is 17.8. The highest BCUT2D eigenvalue weighted by molar-refractivity contribution is 5.91. The third-order valence-corrected chi connectivity index (χ3v) is 2.40. The molecule has 0 radical (unpaired) electrons. The van der Waals surface area contributed by atoms with Gasteiger partial charge in [0.15, 0.2) is 0 Å². The van der Waals surface area contributed by atoms with Crippen LogP contribution in [0, 0.1) is 6.92 Å². The second-order valence-electron chi connectivity index (χ2n) is 7.04. The number of pyridine rings is 1. The lowest BCUT2D eigenvalue weighted by Gasteiger charge is -2.29. The summed E-state index contributed by atoms with van der Waals surface area (Å²) >= 11 is 0. The molecule has 0 fully saturated rings. The van der Waals surface area contributed by atoms with E-state index in [1.807, 2.05) is 0 Å². The van der Waals surface area contributed by atoms with Crippen molar-refractivity contribution in [2.24, 2.45) is 0 Å². The molecule has 23 heavy (non-hydrogen) atoms. The van der Waals surface area contributed by atoms with E-state index in [2.05, 4.69) is 10.4 Å². The van der Waals surface area contributed by atoms with Crippen molar-refractivity contribution in [1.29, 1.82) is 0 Å². The van der Waals surface area contributed by atoms with Crippen LogP contribution in [0.5, 0.6) is 0 Å². The first-order chi connectivity index (χ1) is 10.4. The van der Waals surface area contributed by atoms with Crippen molar-refractivity contribution in [3.05, 3.63) is 24.0 Å². The number of hydrogen-bond donors (Lipinski definition) is 1. The number of carbonyl (C=O) groups is 2. The molecule has 1 N–H and O–H groups in total. The molecule has 7 heteroatoms. The van der Waals surface area contributed by atoms with Crippen molar-refractivity contribution in [2.45, 2.75) is 59.7 Å². The molecule has 1 rings (SSSR count). The summed E-state index contributed by atoms with van der Waals surface area (Å²) in [6.07, 6.45) is 0.116. The van der Waals surface area contributed by atoms with Gasteiger partial charge < -0.3 is 9.47 Å². The van der Waals surface area contributed by atoms with Crippen LogP contribution in [0.2, 0.25) is 0 Å². The summed E-state index contributed by atoms with van der Waals surface area (Å²) in [5, 5.41) is 1.00. The van der Waals surface area contributed by atoms with Crippen molar-refractivity contribution in [3.8, 4) is 0 Å². The van der Waals surface area contributed by atoms with E-state index in [0.717, 1.165) is 5.01 Å². The first-order valence-corrected chi connectivity index (χ1v) is 7.33. The van der Waals surface area contributed by atoms with Crippen LogP contribution in [-0.2, 0) is 9.47 Å². The molecule has 128 valence electrons. The van der Waals surface area contributed by atoms with Crippen LogP contribution in [0.1, 0.15) is 47.2 Å². The molecule has 1 heterocycles. The number of ether oxygens (including phenoxy) is 2. The molecular weight excluding hydrogens is 298 g/mol. The number of nitrogens with zero attached hydrogens (tertiary/aromatic N) is 2. The quantitative estimate of drug-likeness (QED) is 0.799. The highest BCUT2D eigenvalue weighted by Crippen LogP contribution is 2.19. The smallest absolute Gasteiger partial charge is 0.434 e. The van der Waals surface area contributed by atoms with Gasteiger partial charge in [0.25, 0.3) is 0 Å². The zero-order valence-electron chi connectivity index (χ0n) is 14.8. The fourth-order valence-electron chi connectivity index (χ4n) is 1.62. The Balaban J connectivity index is 3.05. The van der Waals surface area contributed by atoms with Gasteiger partial charge in [0, 0.05) is 6.20 Å². The Labute approximate surface area is 136 Å². The average Bonchev–Trinajstić information content (AvgIpc) is 2.32. The molecule has 0 aliphatic carbocycles.